The average molecular weight is 350 g/mol. The Morgan fingerprint density at radius 1 is 1.16 bits per heavy atom. The van der Waals surface area contributed by atoms with Crippen LogP contribution in [0.5, 0.6) is 5.75 Å². The maximum absolute atomic E-state index is 12.6. The molecule has 0 saturated heterocycles. The van der Waals surface area contributed by atoms with E-state index in [0.29, 0.717) is 27.8 Å². The van der Waals surface area contributed by atoms with Gasteiger partial charge in [0.25, 0.3) is 0 Å². The number of aromatic carboxylic acids is 1. The number of carbonyl (C=O) groups is 1. The first-order chi connectivity index (χ1) is 11.8. The van der Waals surface area contributed by atoms with Gasteiger partial charge in [0.1, 0.15) is 17.9 Å². The van der Waals surface area contributed by atoms with Crippen LogP contribution in [0.15, 0.2) is 46.9 Å². The highest BCUT2D eigenvalue weighted by Gasteiger charge is 2.29. The molecule has 2 aromatic carbocycles. The molecule has 0 aliphatic heterocycles. The van der Waals surface area contributed by atoms with Crippen molar-refractivity contribution in [3.05, 3.63) is 64.9 Å². The molecule has 4 nitrogen and oxygen atoms in total. The van der Waals surface area contributed by atoms with E-state index >= 15 is 0 Å². The molecule has 3 rings (SSSR count). The molecule has 0 unspecified atom stereocenters. The number of aryl methyl sites for hydroxylation is 1. The highest BCUT2D eigenvalue weighted by Crippen LogP contribution is 2.34. The van der Waals surface area contributed by atoms with Gasteiger partial charge in [0.05, 0.1) is 10.9 Å². The van der Waals surface area contributed by atoms with Crippen LogP contribution in [0.3, 0.4) is 0 Å². The summed E-state index contributed by atoms with van der Waals surface area (Å²) in [6.45, 7) is 1.66. The number of alkyl halides is 3. The van der Waals surface area contributed by atoms with Crippen molar-refractivity contribution in [3.8, 4) is 5.75 Å². The minimum atomic E-state index is -4.38. The fraction of sp³-hybridized carbons (Fsp3) is 0.167. The number of hydrogen-bond acceptors (Lipinski definition) is 3. The Balaban J connectivity index is 1.85. The molecule has 25 heavy (non-hydrogen) atoms. The van der Waals surface area contributed by atoms with Crippen LogP contribution in [-0.4, -0.2) is 11.1 Å². The zero-order valence-electron chi connectivity index (χ0n) is 13.1. The maximum Gasteiger partial charge on any atom is 0.416 e. The summed E-state index contributed by atoms with van der Waals surface area (Å²) in [6.07, 6.45) is -4.38. The van der Waals surface area contributed by atoms with E-state index in [0.717, 1.165) is 12.1 Å². The van der Waals surface area contributed by atoms with Crippen LogP contribution >= 0.6 is 0 Å². The Bertz CT molecular complexity index is 924. The number of ether oxygens (including phenoxy) is 1. The van der Waals surface area contributed by atoms with Gasteiger partial charge in [0.15, 0.2) is 0 Å². The summed E-state index contributed by atoms with van der Waals surface area (Å²) < 4.78 is 48.7. The third-order valence-corrected chi connectivity index (χ3v) is 3.79. The Morgan fingerprint density at radius 2 is 1.84 bits per heavy atom. The molecule has 0 atom stereocenters. The van der Waals surface area contributed by atoms with Crippen molar-refractivity contribution >= 4 is 16.9 Å². The van der Waals surface area contributed by atoms with Crippen LogP contribution in [-0.2, 0) is 12.8 Å². The zero-order valence-corrected chi connectivity index (χ0v) is 13.1. The average Bonchev–Trinajstić information content (AvgIpc) is 2.90. The van der Waals surface area contributed by atoms with Crippen molar-refractivity contribution in [2.24, 2.45) is 0 Å². The first-order valence-electron chi connectivity index (χ1n) is 7.31. The quantitative estimate of drug-likeness (QED) is 0.716. The summed E-state index contributed by atoms with van der Waals surface area (Å²) in [7, 11) is 0. The van der Waals surface area contributed by atoms with Crippen LogP contribution in [0, 0.1) is 6.92 Å². The van der Waals surface area contributed by atoms with Gasteiger partial charge in [0.2, 0.25) is 5.76 Å². The summed E-state index contributed by atoms with van der Waals surface area (Å²) in [4.78, 5) is 11.2. The van der Waals surface area contributed by atoms with Gasteiger partial charge >= 0.3 is 12.1 Å². The number of carboxylic acids is 1. The van der Waals surface area contributed by atoms with E-state index in [1.165, 1.54) is 12.1 Å². The molecular weight excluding hydrogens is 337 g/mol. The van der Waals surface area contributed by atoms with Gasteiger partial charge in [-0.25, -0.2) is 4.79 Å². The summed E-state index contributed by atoms with van der Waals surface area (Å²) in [5, 5.41) is 9.66. The number of fused-ring (bicyclic) bond motifs is 1. The highest BCUT2D eigenvalue weighted by atomic mass is 19.4. The second kappa shape index (κ2) is 6.16. The molecule has 1 heterocycles. The third kappa shape index (κ3) is 3.31. The normalized spacial score (nSPS) is 11.7. The lowest BCUT2D eigenvalue weighted by Gasteiger charge is -2.10. The lowest BCUT2D eigenvalue weighted by molar-refractivity contribution is -0.137. The molecule has 0 bridgehead atoms. The van der Waals surface area contributed by atoms with E-state index in [1.54, 1.807) is 25.1 Å². The van der Waals surface area contributed by atoms with E-state index in [9.17, 15) is 18.0 Å². The van der Waals surface area contributed by atoms with Crippen LogP contribution in [0.4, 0.5) is 13.2 Å². The summed E-state index contributed by atoms with van der Waals surface area (Å²) in [5.41, 5.74) is 0.644. The summed E-state index contributed by atoms with van der Waals surface area (Å²) in [6, 6.07) is 9.59. The molecule has 0 saturated carbocycles. The summed E-state index contributed by atoms with van der Waals surface area (Å²) in [5.74, 6) is -0.936. The number of furan rings is 1. The lowest BCUT2D eigenvalue weighted by atomic mass is 10.1. The topological polar surface area (TPSA) is 59.7 Å². The predicted molar refractivity (Wildman–Crippen MR) is 83.7 cm³/mol. The van der Waals surface area contributed by atoms with Crippen LogP contribution < -0.4 is 4.74 Å². The van der Waals surface area contributed by atoms with Crippen molar-refractivity contribution in [1.82, 2.24) is 0 Å². The van der Waals surface area contributed by atoms with Crippen molar-refractivity contribution in [2.75, 3.05) is 0 Å². The van der Waals surface area contributed by atoms with Crippen LogP contribution in [0.2, 0.25) is 0 Å². The molecule has 7 heteroatoms. The molecular formula is C18H13F3O4. The molecule has 0 radical (unpaired) electrons. The van der Waals surface area contributed by atoms with Gasteiger partial charge in [-0.3, -0.25) is 0 Å². The highest BCUT2D eigenvalue weighted by molar-refractivity contribution is 5.97. The molecule has 0 aliphatic rings. The van der Waals surface area contributed by atoms with Crippen molar-refractivity contribution in [2.45, 2.75) is 19.7 Å². The Kier molecular flexibility index (Phi) is 4.16. The number of halogens is 3. The van der Waals surface area contributed by atoms with Crippen molar-refractivity contribution < 1.29 is 32.2 Å². The second-order valence-corrected chi connectivity index (χ2v) is 5.47. The minimum absolute atomic E-state index is 0.0459. The van der Waals surface area contributed by atoms with Crippen LogP contribution in [0.1, 0.15) is 27.2 Å². The number of benzene rings is 2. The molecule has 3 aromatic rings. The molecule has 130 valence electrons. The third-order valence-electron chi connectivity index (χ3n) is 3.79. The number of rotatable bonds is 4. The lowest BCUT2D eigenvalue weighted by Crippen LogP contribution is -2.05. The Labute approximate surface area is 140 Å². The largest absolute Gasteiger partial charge is 0.488 e. The Hall–Kier alpha value is -2.96. The van der Waals surface area contributed by atoms with E-state index in [1.807, 2.05) is 0 Å². The van der Waals surface area contributed by atoms with Gasteiger partial charge in [-0.05, 0) is 36.8 Å². The maximum atomic E-state index is 12.6. The zero-order chi connectivity index (χ0) is 18.2. The van der Waals surface area contributed by atoms with Gasteiger partial charge < -0.3 is 14.3 Å². The van der Waals surface area contributed by atoms with Gasteiger partial charge in [-0.2, -0.15) is 13.2 Å². The van der Waals surface area contributed by atoms with E-state index in [2.05, 4.69) is 0 Å². The molecule has 0 fully saturated rings. The molecule has 1 N–H and O–H groups in total. The fourth-order valence-corrected chi connectivity index (χ4v) is 2.54. The first kappa shape index (κ1) is 16.9. The SMILES string of the molecule is Cc1c(C(=O)O)oc2cccc(OCc3ccc(C(F)(F)F)cc3)c12. The predicted octanol–water partition coefficient (Wildman–Crippen LogP) is 5.04. The smallest absolute Gasteiger partial charge is 0.416 e. The Morgan fingerprint density at radius 3 is 2.44 bits per heavy atom. The fourth-order valence-electron chi connectivity index (χ4n) is 2.54. The molecule has 0 aliphatic carbocycles. The molecule has 1 aromatic heterocycles. The molecule has 0 amide bonds. The van der Waals surface area contributed by atoms with Gasteiger partial charge in [-0.1, -0.05) is 18.2 Å². The van der Waals surface area contributed by atoms with Gasteiger partial charge in [0, 0.05) is 5.56 Å². The van der Waals surface area contributed by atoms with Crippen molar-refractivity contribution in [3.63, 3.8) is 0 Å². The first-order valence-corrected chi connectivity index (χ1v) is 7.31. The van der Waals surface area contributed by atoms with E-state index in [-0.39, 0.29) is 12.4 Å². The summed E-state index contributed by atoms with van der Waals surface area (Å²) >= 11 is 0. The second-order valence-electron chi connectivity index (χ2n) is 5.47. The number of hydrogen-bond donors (Lipinski definition) is 1. The number of carboxylic acid groups (broad SMARTS) is 1. The van der Waals surface area contributed by atoms with Crippen LogP contribution in [0.25, 0.3) is 11.0 Å². The van der Waals surface area contributed by atoms with Crippen molar-refractivity contribution in [1.29, 1.82) is 0 Å². The van der Waals surface area contributed by atoms with Gasteiger partial charge in [-0.15, -0.1) is 0 Å². The standard InChI is InChI=1S/C18H13F3O4/c1-10-15-13(3-2-4-14(15)25-16(10)17(22)23)24-9-11-5-7-12(8-6-11)18(19,20)21/h2-8H,9H2,1H3,(H,22,23). The van der Waals surface area contributed by atoms with E-state index < -0.39 is 17.7 Å². The minimum Gasteiger partial charge on any atom is -0.488 e. The molecule has 0 spiro atoms. The monoisotopic (exact) mass is 350 g/mol. The van der Waals surface area contributed by atoms with E-state index in [4.69, 9.17) is 14.3 Å².